The maximum Gasteiger partial charge on any atom is 0.395 e. The summed E-state index contributed by atoms with van der Waals surface area (Å²) in [5.41, 5.74) is 1.24. The molecule has 2 rings (SSSR count). The number of aromatic nitrogens is 1. The zero-order valence-corrected chi connectivity index (χ0v) is 12.3. The van der Waals surface area contributed by atoms with Crippen molar-refractivity contribution in [3.63, 3.8) is 0 Å². The van der Waals surface area contributed by atoms with Crippen LogP contribution in [0, 0.1) is 5.92 Å². The smallest absolute Gasteiger partial charge is 0.390 e. The van der Waals surface area contributed by atoms with Gasteiger partial charge in [0.05, 0.1) is 18.2 Å². The van der Waals surface area contributed by atoms with Crippen LogP contribution in [0.1, 0.15) is 37.4 Å². The third-order valence-electron chi connectivity index (χ3n) is 2.73. The van der Waals surface area contributed by atoms with E-state index in [0.717, 1.165) is 0 Å². The number of alkyl halides is 3. The van der Waals surface area contributed by atoms with Gasteiger partial charge in [0.15, 0.2) is 0 Å². The standard InChI is InChI=1S/C12H12F3NOS.C2H6/c13-12(14,15)9-3-1-2-8(4-5-9)11-16-10(6-17)7-18-11;1-2/h2,4-5,7,9,17H,1,3,6H2;1-2H3. The van der Waals surface area contributed by atoms with E-state index in [1.807, 2.05) is 13.8 Å². The van der Waals surface area contributed by atoms with Crippen LogP contribution in [-0.4, -0.2) is 16.3 Å². The van der Waals surface area contributed by atoms with E-state index in [4.69, 9.17) is 5.11 Å². The van der Waals surface area contributed by atoms with E-state index in [2.05, 4.69) is 4.98 Å². The Morgan fingerprint density at radius 3 is 2.65 bits per heavy atom. The fourth-order valence-corrected chi connectivity index (χ4v) is 2.58. The Balaban J connectivity index is 0.000000956. The summed E-state index contributed by atoms with van der Waals surface area (Å²) < 4.78 is 37.8. The SMILES string of the molecule is CC.OCc1csc(C2=CCCC(C(F)(F)F)C=C2)n1. The second-order valence-electron chi connectivity index (χ2n) is 4.05. The Hall–Kier alpha value is -1.14. The number of aliphatic hydroxyl groups excluding tert-OH is 1. The zero-order valence-electron chi connectivity index (χ0n) is 11.4. The summed E-state index contributed by atoms with van der Waals surface area (Å²) in [5.74, 6) is -1.39. The minimum atomic E-state index is -4.18. The lowest BCUT2D eigenvalue weighted by atomic mass is 10.0. The van der Waals surface area contributed by atoms with E-state index >= 15 is 0 Å². The molecule has 0 spiro atoms. The van der Waals surface area contributed by atoms with Crippen molar-refractivity contribution >= 4 is 16.9 Å². The lowest BCUT2D eigenvalue weighted by molar-refractivity contribution is -0.162. The first kappa shape index (κ1) is 16.9. The Bertz CT molecular complexity index is 477. The first-order chi connectivity index (χ1) is 9.50. The monoisotopic (exact) mass is 305 g/mol. The van der Waals surface area contributed by atoms with E-state index in [1.165, 1.54) is 23.5 Å². The molecule has 112 valence electrons. The van der Waals surface area contributed by atoms with E-state index in [9.17, 15) is 13.2 Å². The zero-order chi connectivity index (χ0) is 15.2. The van der Waals surface area contributed by atoms with Gasteiger partial charge in [-0.15, -0.1) is 11.3 Å². The van der Waals surface area contributed by atoms with Crippen LogP contribution in [0.5, 0.6) is 0 Å². The molecule has 1 N–H and O–H groups in total. The third-order valence-corrected chi connectivity index (χ3v) is 3.67. The molecule has 1 aromatic heterocycles. The number of hydrogen-bond donors (Lipinski definition) is 1. The van der Waals surface area contributed by atoms with Crippen molar-refractivity contribution in [1.82, 2.24) is 4.98 Å². The van der Waals surface area contributed by atoms with Gasteiger partial charge in [-0.2, -0.15) is 13.2 Å². The Kier molecular flexibility index (Phi) is 6.42. The normalized spacial score (nSPS) is 18.9. The lowest BCUT2D eigenvalue weighted by Crippen LogP contribution is -2.20. The largest absolute Gasteiger partial charge is 0.395 e. The minimum Gasteiger partial charge on any atom is -0.390 e. The Labute approximate surface area is 120 Å². The summed E-state index contributed by atoms with van der Waals surface area (Å²) >= 11 is 1.33. The van der Waals surface area contributed by atoms with Gasteiger partial charge in [-0.1, -0.05) is 32.1 Å². The molecule has 0 amide bonds. The van der Waals surface area contributed by atoms with Crippen molar-refractivity contribution in [3.8, 4) is 0 Å². The summed E-state index contributed by atoms with van der Waals surface area (Å²) in [7, 11) is 0. The van der Waals surface area contributed by atoms with Gasteiger partial charge in [0.2, 0.25) is 0 Å². The van der Waals surface area contributed by atoms with Crippen molar-refractivity contribution in [2.45, 2.75) is 39.5 Å². The number of halogens is 3. The molecular formula is C14H18F3NOS. The van der Waals surface area contributed by atoms with Crippen molar-refractivity contribution in [2.24, 2.45) is 5.92 Å². The molecule has 0 fully saturated rings. The van der Waals surface area contributed by atoms with Crippen LogP contribution in [0.2, 0.25) is 0 Å². The molecule has 0 radical (unpaired) electrons. The average molecular weight is 305 g/mol. The number of nitrogens with zero attached hydrogens (tertiary/aromatic N) is 1. The highest BCUT2D eigenvalue weighted by atomic mass is 32.1. The quantitative estimate of drug-likeness (QED) is 0.868. The first-order valence-electron chi connectivity index (χ1n) is 6.51. The molecule has 1 atom stereocenters. The van der Waals surface area contributed by atoms with Gasteiger partial charge in [-0.05, 0) is 12.8 Å². The van der Waals surface area contributed by atoms with Crippen LogP contribution in [0.15, 0.2) is 23.6 Å². The van der Waals surface area contributed by atoms with Gasteiger partial charge in [0, 0.05) is 11.0 Å². The number of hydrogen-bond acceptors (Lipinski definition) is 3. The third kappa shape index (κ3) is 4.45. The highest BCUT2D eigenvalue weighted by Gasteiger charge is 2.37. The second kappa shape index (κ2) is 7.59. The van der Waals surface area contributed by atoms with Gasteiger partial charge in [-0.3, -0.25) is 0 Å². The van der Waals surface area contributed by atoms with Crippen LogP contribution < -0.4 is 0 Å². The second-order valence-corrected chi connectivity index (χ2v) is 4.90. The van der Waals surface area contributed by atoms with Crippen LogP contribution in [0.3, 0.4) is 0 Å². The summed E-state index contributed by atoms with van der Waals surface area (Å²) in [6, 6.07) is 0. The minimum absolute atomic E-state index is 0.0712. The summed E-state index contributed by atoms with van der Waals surface area (Å²) in [6.45, 7) is 3.85. The van der Waals surface area contributed by atoms with Gasteiger partial charge >= 0.3 is 6.18 Å². The number of rotatable bonds is 2. The van der Waals surface area contributed by atoms with Crippen molar-refractivity contribution in [2.75, 3.05) is 0 Å². The molecule has 0 bridgehead atoms. The van der Waals surface area contributed by atoms with Gasteiger partial charge in [0.25, 0.3) is 0 Å². The Morgan fingerprint density at radius 2 is 2.10 bits per heavy atom. The molecule has 2 nitrogen and oxygen atoms in total. The van der Waals surface area contributed by atoms with Crippen LogP contribution in [0.25, 0.3) is 5.57 Å². The summed E-state index contributed by atoms with van der Waals surface area (Å²) in [6.07, 6.45) is 0.702. The molecule has 1 aliphatic carbocycles. The van der Waals surface area contributed by atoms with Crippen molar-refractivity contribution in [1.29, 1.82) is 0 Å². The van der Waals surface area contributed by atoms with E-state index in [-0.39, 0.29) is 13.0 Å². The molecule has 1 aliphatic rings. The van der Waals surface area contributed by atoms with Gasteiger partial charge in [-0.25, -0.2) is 4.98 Å². The highest BCUT2D eigenvalue weighted by Crippen LogP contribution is 2.34. The number of allylic oxidation sites excluding steroid dienone is 4. The molecule has 0 aromatic carbocycles. The highest BCUT2D eigenvalue weighted by molar-refractivity contribution is 7.10. The molecule has 0 saturated heterocycles. The first-order valence-corrected chi connectivity index (χ1v) is 7.39. The summed E-state index contributed by atoms with van der Waals surface area (Å²) in [5, 5.41) is 11.3. The molecule has 1 aromatic rings. The van der Waals surface area contributed by atoms with E-state index in [0.29, 0.717) is 22.7 Å². The van der Waals surface area contributed by atoms with Crippen LogP contribution >= 0.6 is 11.3 Å². The molecule has 1 heterocycles. The number of thiazole rings is 1. The molecule has 20 heavy (non-hydrogen) atoms. The van der Waals surface area contributed by atoms with Crippen molar-refractivity contribution in [3.05, 3.63) is 34.3 Å². The van der Waals surface area contributed by atoms with Crippen LogP contribution in [-0.2, 0) is 6.61 Å². The molecule has 1 unspecified atom stereocenters. The average Bonchev–Trinajstić information content (AvgIpc) is 2.76. The molecule has 6 heteroatoms. The predicted octanol–water partition coefficient (Wildman–Crippen LogP) is 4.57. The van der Waals surface area contributed by atoms with E-state index in [1.54, 1.807) is 11.5 Å². The fraction of sp³-hybridized carbons (Fsp3) is 0.500. The number of aliphatic hydroxyl groups is 1. The Morgan fingerprint density at radius 1 is 1.40 bits per heavy atom. The fourth-order valence-electron chi connectivity index (χ4n) is 1.75. The maximum absolute atomic E-state index is 12.6. The topological polar surface area (TPSA) is 33.1 Å². The van der Waals surface area contributed by atoms with Crippen LogP contribution in [0.4, 0.5) is 13.2 Å². The van der Waals surface area contributed by atoms with Crippen molar-refractivity contribution < 1.29 is 18.3 Å². The summed E-state index contributed by atoms with van der Waals surface area (Å²) in [4.78, 5) is 4.15. The maximum atomic E-state index is 12.6. The lowest BCUT2D eigenvalue weighted by Gasteiger charge is -2.14. The predicted molar refractivity (Wildman–Crippen MR) is 75.3 cm³/mol. The molecular weight excluding hydrogens is 287 g/mol. The van der Waals surface area contributed by atoms with E-state index < -0.39 is 12.1 Å². The van der Waals surface area contributed by atoms with Gasteiger partial charge in [0.1, 0.15) is 5.01 Å². The molecule has 0 saturated carbocycles. The van der Waals surface area contributed by atoms with Gasteiger partial charge < -0.3 is 5.11 Å². The molecule has 0 aliphatic heterocycles.